The molecule has 0 aliphatic heterocycles. The van der Waals surface area contributed by atoms with Gasteiger partial charge in [-0.1, -0.05) is 0 Å². The normalized spacial score (nSPS) is 11.1. The van der Waals surface area contributed by atoms with E-state index < -0.39 is 22.5 Å². The lowest BCUT2D eigenvalue weighted by Crippen LogP contribution is -2.43. The first-order valence-electron chi connectivity index (χ1n) is 9.44. The van der Waals surface area contributed by atoms with Crippen LogP contribution >= 0.6 is 0 Å². The number of methoxy groups -OCH3 is 4. The van der Waals surface area contributed by atoms with E-state index in [1.807, 2.05) is 0 Å². The van der Waals surface area contributed by atoms with Crippen LogP contribution in [0.25, 0.3) is 0 Å². The van der Waals surface area contributed by atoms with Crippen molar-refractivity contribution in [1.82, 2.24) is 5.32 Å². The molecule has 10 heteroatoms. The summed E-state index contributed by atoms with van der Waals surface area (Å²) in [4.78, 5) is 12.5. The second kappa shape index (κ2) is 10.3. The minimum Gasteiger partial charge on any atom is -0.497 e. The van der Waals surface area contributed by atoms with Gasteiger partial charge in [0.1, 0.15) is 18.0 Å². The van der Waals surface area contributed by atoms with E-state index in [2.05, 4.69) is 5.32 Å². The molecule has 0 aliphatic rings. The first kappa shape index (κ1) is 24.1. The Kier molecular flexibility index (Phi) is 7.98. The van der Waals surface area contributed by atoms with Crippen molar-refractivity contribution < 1.29 is 32.2 Å². The predicted molar refractivity (Wildman–Crippen MR) is 117 cm³/mol. The zero-order chi connectivity index (χ0) is 23.2. The molecule has 0 saturated heterocycles. The van der Waals surface area contributed by atoms with Crippen molar-refractivity contribution in [2.45, 2.75) is 24.8 Å². The summed E-state index contributed by atoms with van der Waals surface area (Å²) in [7, 11) is 1.55. The third-order valence-electron chi connectivity index (χ3n) is 4.33. The van der Waals surface area contributed by atoms with Crippen LogP contribution in [0.4, 0.5) is 5.69 Å². The topological polar surface area (TPSA) is 103 Å². The second-order valence-electron chi connectivity index (χ2n) is 6.79. The number of carbonyl (C=O) groups is 1. The van der Waals surface area contributed by atoms with E-state index in [9.17, 15) is 13.2 Å². The van der Waals surface area contributed by atoms with Crippen molar-refractivity contribution >= 4 is 21.6 Å². The zero-order valence-electron chi connectivity index (χ0n) is 18.5. The molecular formula is C21H28N2O7S. The van der Waals surface area contributed by atoms with Crippen LogP contribution in [0.15, 0.2) is 41.3 Å². The molecule has 2 aromatic rings. The van der Waals surface area contributed by atoms with E-state index in [1.54, 1.807) is 26.0 Å². The lowest BCUT2D eigenvalue weighted by molar-refractivity contribution is -0.120. The number of anilines is 1. The number of hydrogen-bond donors (Lipinski definition) is 1. The highest BCUT2D eigenvalue weighted by atomic mass is 32.2. The number of hydrogen-bond acceptors (Lipinski definition) is 7. The van der Waals surface area contributed by atoms with E-state index in [0.29, 0.717) is 11.5 Å². The van der Waals surface area contributed by atoms with Gasteiger partial charge in [0.15, 0.2) is 11.5 Å². The van der Waals surface area contributed by atoms with E-state index in [4.69, 9.17) is 18.9 Å². The van der Waals surface area contributed by atoms with Gasteiger partial charge >= 0.3 is 0 Å². The standard InChI is InChI=1S/C21H28N2O7S/c1-14(2)22-21(24)13-23(17-11-15(27-3)7-9-18(17)28-4)31(25,26)16-8-10-19(29-5)20(12-16)30-6/h7-12,14H,13H2,1-6H3,(H,22,24). The molecule has 170 valence electrons. The predicted octanol–water partition coefficient (Wildman–Crippen LogP) is 2.44. The molecule has 0 saturated carbocycles. The van der Waals surface area contributed by atoms with Gasteiger partial charge in [0, 0.05) is 18.2 Å². The molecule has 0 bridgehead atoms. The van der Waals surface area contributed by atoms with Crippen molar-refractivity contribution in [1.29, 1.82) is 0 Å². The van der Waals surface area contributed by atoms with Crippen molar-refractivity contribution in [2.75, 3.05) is 39.3 Å². The van der Waals surface area contributed by atoms with E-state index in [-0.39, 0.29) is 28.1 Å². The van der Waals surface area contributed by atoms with E-state index >= 15 is 0 Å². The molecule has 31 heavy (non-hydrogen) atoms. The third-order valence-corrected chi connectivity index (χ3v) is 6.09. The Labute approximate surface area is 182 Å². The van der Waals surface area contributed by atoms with Crippen molar-refractivity contribution in [2.24, 2.45) is 0 Å². The summed E-state index contributed by atoms with van der Waals surface area (Å²) < 4.78 is 49.3. The number of sulfonamides is 1. The largest absolute Gasteiger partial charge is 0.497 e. The molecule has 0 spiro atoms. The molecule has 0 unspecified atom stereocenters. The number of nitrogens with zero attached hydrogens (tertiary/aromatic N) is 1. The van der Waals surface area contributed by atoms with Crippen molar-refractivity contribution in [3.05, 3.63) is 36.4 Å². The highest BCUT2D eigenvalue weighted by Gasteiger charge is 2.31. The number of benzene rings is 2. The van der Waals surface area contributed by atoms with Crippen LogP contribution in [-0.4, -0.2) is 55.4 Å². The number of carbonyl (C=O) groups excluding carboxylic acids is 1. The Morgan fingerprint density at radius 3 is 2.06 bits per heavy atom. The molecule has 2 rings (SSSR count). The van der Waals surface area contributed by atoms with Gasteiger partial charge in [0.05, 0.1) is 39.0 Å². The Morgan fingerprint density at radius 1 is 0.903 bits per heavy atom. The SMILES string of the molecule is COc1ccc(OC)c(N(CC(=O)NC(C)C)S(=O)(=O)c2ccc(OC)c(OC)c2)c1. The lowest BCUT2D eigenvalue weighted by Gasteiger charge is -2.26. The molecule has 0 aromatic heterocycles. The third kappa shape index (κ3) is 5.52. The van der Waals surface area contributed by atoms with Gasteiger partial charge < -0.3 is 24.3 Å². The lowest BCUT2D eigenvalue weighted by atomic mass is 10.2. The molecule has 1 N–H and O–H groups in total. The number of nitrogens with one attached hydrogen (secondary N) is 1. The first-order chi connectivity index (χ1) is 14.7. The van der Waals surface area contributed by atoms with Crippen LogP contribution in [0.3, 0.4) is 0 Å². The minimum absolute atomic E-state index is 0.0765. The summed E-state index contributed by atoms with van der Waals surface area (Å²) in [5.41, 5.74) is 0.163. The van der Waals surface area contributed by atoms with E-state index in [1.165, 1.54) is 52.7 Å². The quantitative estimate of drug-likeness (QED) is 0.591. The van der Waals surface area contributed by atoms with Crippen LogP contribution in [0.2, 0.25) is 0 Å². The van der Waals surface area contributed by atoms with Gasteiger partial charge in [-0.3, -0.25) is 9.10 Å². The van der Waals surface area contributed by atoms with Gasteiger partial charge in [-0.2, -0.15) is 0 Å². The molecule has 2 aromatic carbocycles. The van der Waals surface area contributed by atoms with Gasteiger partial charge in [0.2, 0.25) is 5.91 Å². The van der Waals surface area contributed by atoms with Crippen molar-refractivity contribution in [3.63, 3.8) is 0 Å². The van der Waals surface area contributed by atoms with Crippen LogP contribution in [0.1, 0.15) is 13.8 Å². The Bertz CT molecular complexity index is 1020. The maximum Gasteiger partial charge on any atom is 0.265 e. The summed E-state index contributed by atoms with van der Waals surface area (Å²) >= 11 is 0. The van der Waals surface area contributed by atoms with Gasteiger partial charge in [-0.05, 0) is 38.1 Å². The second-order valence-corrected chi connectivity index (χ2v) is 8.65. The van der Waals surface area contributed by atoms with Crippen LogP contribution < -0.4 is 28.6 Å². The van der Waals surface area contributed by atoms with Crippen LogP contribution in [0.5, 0.6) is 23.0 Å². The highest BCUT2D eigenvalue weighted by Crippen LogP contribution is 2.37. The monoisotopic (exact) mass is 452 g/mol. The fraction of sp³-hybridized carbons (Fsp3) is 0.381. The zero-order valence-corrected chi connectivity index (χ0v) is 19.3. The molecule has 0 atom stereocenters. The summed E-state index contributed by atoms with van der Waals surface area (Å²) in [6, 6.07) is 8.76. The fourth-order valence-electron chi connectivity index (χ4n) is 2.89. The molecule has 0 radical (unpaired) electrons. The molecular weight excluding hydrogens is 424 g/mol. The molecule has 1 amide bonds. The van der Waals surface area contributed by atoms with Gasteiger partial charge in [0.25, 0.3) is 10.0 Å². The average Bonchev–Trinajstić information content (AvgIpc) is 2.75. The van der Waals surface area contributed by atoms with Crippen LogP contribution in [-0.2, 0) is 14.8 Å². The van der Waals surface area contributed by atoms with Crippen molar-refractivity contribution in [3.8, 4) is 23.0 Å². The first-order valence-corrected chi connectivity index (χ1v) is 10.9. The maximum absolute atomic E-state index is 13.6. The summed E-state index contributed by atoms with van der Waals surface area (Å²) in [5.74, 6) is 0.830. The Morgan fingerprint density at radius 2 is 1.52 bits per heavy atom. The Hall–Kier alpha value is -3.14. The molecule has 9 nitrogen and oxygen atoms in total. The summed E-state index contributed by atoms with van der Waals surface area (Å²) in [5, 5.41) is 2.71. The smallest absolute Gasteiger partial charge is 0.265 e. The molecule has 0 fully saturated rings. The van der Waals surface area contributed by atoms with Gasteiger partial charge in [-0.15, -0.1) is 0 Å². The van der Waals surface area contributed by atoms with Crippen LogP contribution in [0, 0.1) is 0 Å². The molecule has 0 heterocycles. The number of rotatable bonds is 10. The maximum atomic E-state index is 13.6. The summed E-state index contributed by atoms with van der Waals surface area (Å²) in [6.45, 7) is 3.12. The van der Waals surface area contributed by atoms with E-state index in [0.717, 1.165) is 4.31 Å². The Balaban J connectivity index is 2.66. The van der Waals surface area contributed by atoms with Gasteiger partial charge in [-0.25, -0.2) is 8.42 Å². The average molecular weight is 453 g/mol. The molecule has 0 aliphatic carbocycles. The fourth-order valence-corrected chi connectivity index (χ4v) is 4.33. The minimum atomic E-state index is -4.20. The number of amides is 1. The highest BCUT2D eigenvalue weighted by molar-refractivity contribution is 7.92. The number of ether oxygens (including phenoxy) is 4. The summed E-state index contributed by atoms with van der Waals surface area (Å²) in [6.07, 6.45) is 0.